The molecule has 3 nitrogen and oxygen atoms in total. The van der Waals surface area contributed by atoms with Crippen LogP contribution >= 0.6 is 0 Å². The summed E-state index contributed by atoms with van der Waals surface area (Å²) in [5.74, 6) is 0. The highest BCUT2D eigenvalue weighted by Gasteiger charge is 2.24. The molecule has 0 bridgehead atoms. The molecule has 3 heteroatoms. The first-order chi connectivity index (χ1) is 5.86. The third-order valence-corrected chi connectivity index (χ3v) is 1.82. The van der Waals surface area contributed by atoms with Crippen LogP contribution in [0.25, 0.3) is 0 Å². The van der Waals surface area contributed by atoms with Crippen molar-refractivity contribution in [2.45, 2.75) is 32.2 Å². The molecule has 0 spiro atoms. The molecule has 0 aromatic rings. The SMILES string of the molecule is C/C=C/CCC1OCC(CO)O1. The zero-order valence-electron chi connectivity index (χ0n) is 7.40. The molecule has 0 radical (unpaired) electrons. The van der Waals surface area contributed by atoms with E-state index < -0.39 is 0 Å². The van der Waals surface area contributed by atoms with Crippen LogP contribution in [0.4, 0.5) is 0 Å². The molecule has 2 unspecified atom stereocenters. The third kappa shape index (κ3) is 2.93. The molecule has 1 saturated heterocycles. The molecule has 70 valence electrons. The highest BCUT2D eigenvalue weighted by Crippen LogP contribution is 2.15. The molecule has 1 fully saturated rings. The van der Waals surface area contributed by atoms with Gasteiger partial charge < -0.3 is 14.6 Å². The summed E-state index contributed by atoms with van der Waals surface area (Å²) >= 11 is 0. The maximum atomic E-state index is 8.74. The first-order valence-electron chi connectivity index (χ1n) is 4.36. The van der Waals surface area contributed by atoms with E-state index in [9.17, 15) is 0 Å². The molecule has 0 aliphatic carbocycles. The predicted octanol–water partition coefficient (Wildman–Crippen LogP) is 1.08. The molecule has 1 rings (SSSR count). The van der Waals surface area contributed by atoms with Crippen LogP contribution in [0, 0.1) is 0 Å². The van der Waals surface area contributed by atoms with Crippen LogP contribution in [0.1, 0.15) is 19.8 Å². The fourth-order valence-electron chi connectivity index (χ4n) is 1.15. The Morgan fingerprint density at radius 3 is 3.00 bits per heavy atom. The van der Waals surface area contributed by atoms with Crippen molar-refractivity contribution < 1.29 is 14.6 Å². The van der Waals surface area contributed by atoms with Crippen molar-refractivity contribution in [3.8, 4) is 0 Å². The van der Waals surface area contributed by atoms with Gasteiger partial charge in [-0.3, -0.25) is 0 Å². The fraction of sp³-hybridized carbons (Fsp3) is 0.778. The quantitative estimate of drug-likeness (QED) is 0.645. The van der Waals surface area contributed by atoms with Crippen LogP contribution in [0.15, 0.2) is 12.2 Å². The van der Waals surface area contributed by atoms with E-state index in [2.05, 4.69) is 6.08 Å². The van der Waals surface area contributed by atoms with E-state index in [4.69, 9.17) is 14.6 Å². The van der Waals surface area contributed by atoms with E-state index in [1.54, 1.807) is 0 Å². The van der Waals surface area contributed by atoms with Crippen LogP contribution in [0.2, 0.25) is 0 Å². The lowest BCUT2D eigenvalue weighted by Gasteiger charge is -2.07. The van der Waals surface area contributed by atoms with Crippen LogP contribution in [0.3, 0.4) is 0 Å². The predicted molar refractivity (Wildman–Crippen MR) is 45.7 cm³/mol. The Balaban J connectivity index is 2.10. The maximum Gasteiger partial charge on any atom is 0.158 e. The Kier molecular flexibility index (Phi) is 4.29. The van der Waals surface area contributed by atoms with E-state index in [1.807, 2.05) is 13.0 Å². The van der Waals surface area contributed by atoms with Crippen LogP contribution in [-0.2, 0) is 9.47 Å². The molecule has 2 atom stereocenters. The lowest BCUT2D eigenvalue weighted by Crippen LogP contribution is -2.16. The van der Waals surface area contributed by atoms with E-state index in [0.29, 0.717) is 6.61 Å². The highest BCUT2D eigenvalue weighted by atomic mass is 16.7. The molecular weight excluding hydrogens is 156 g/mol. The Morgan fingerprint density at radius 2 is 2.42 bits per heavy atom. The molecule has 0 aromatic heterocycles. The lowest BCUT2D eigenvalue weighted by molar-refractivity contribution is -0.0682. The first kappa shape index (κ1) is 9.71. The number of hydrogen-bond acceptors (Lipinski definition) is 3. The van der Waals surface area contributed by atoms with Gasteiger partial charge in [-0.05, 0) is 13.3 Å². The van der Waals surface area contributed by atoms with Crippen molar-refractivity contribution in [1.29, 1.82) is 0 Å². The zero-order valence-corrected chi connectivity index (χ0v) is 7.40. The number of hydrogen-bond donors (Lipinski definition) is 1. The summed E-state index contributed by atoms with van der Waals surface area (Å²) in [6.07, 6.45) is 5.72. The Bertz CT molecular complexity index is 145. The molecular formula is C9H16O3. The molecule has 1 N–H and O–H groups in total. The van der Waals surface area contributed by atoms with E-state index in [-0.39, 0.29) is 19.0 Å². The summed E-state index contributed by atoms with van der Waals surface area (Å²) in [5.41, 5.74) is 0. The zero-order chi connectivity index (χ0) is 8.81. The van der Waals surface area contributed by atoms with Gasteiger partial charge in [-0.15, -0.1) is 0 Å². The Hall–Kier alpha value is -0.380. The van der Waals surface area contributed by atoms with Crippen molar-refractivity contribution in [2.24, 2.45) is 0 Å². The van der Waals surface area contributed by atoms with Crippen LogP contribution in [-0.4, -0.2) is 30.7 Å². The number of rotatable bonds is 4. The molecule has 0 saturated carbocycles. The molecule has 12 heavy (non-hydrogen) atoms. The Morgan fingerprint density at radius 1 is 1.58 bits per heavy atom. The summed E-state index contributed by atoms with van der Waals surface area (Å²) in [4.78, 5) is 0. The van der Waals surface area contributed by atoms with Crippen molar-refractivity contribution in [3.05, 3.63) is 12.2 Å². The van der Waals surface area contributed by atoms with Gasteiger partial charge in [0.2, 0.25) is 0 Å². The van der Waals surface area contributed by atoms with Gasteiger partial charge in [0.05, 0.1) is 13.2 Å². The normalized spacial score (nSPS) is 30.2. The summed E-state index contributed by atoms with van der Waals surface area (Å²) in [6, 6.07) is 0. The minimum Gasteiger partial charge on any atom is -0.394 e. The van der Waals surface area contributed by atoms with E-state index >= 15 is 0 Å². The largest absolute Gasteiger partial charge is 0.394 e. The van der Waals surface area contributed by atoms with Gasteiger partial charge in [0.1, 0.15) is 6.10 Å². The third-order valence-electron chi connectivity index (χ3n) is 1.82. The number of allylic oxidation sites excluding steroid dienone is 2. The second kappa shape index (κ2) is 5.30. The number of aliphatic hydroxyl groups is 1. The van der Waals surface area contributed by atoms with Gasteiger partial charge in [-0.2, -0.15) is 0 Å². The Labute approximate surface area is 73.0 Å². The monoisotopic (exact) mass is 172 g/mol. The summed E-state index contributed by atoms with van der Waals surface area (Å²) < 4.78 is 10.6. The van der Waals surface area contributed by atoms with Crippen LogP contribution in [0.5, 0.6) is 0 Å². The fourth-order valence-corrected chi connectivity index (χ4v) is 1.15. The molecule has 0 amide bonds. The summed E-state index contributed by atoms with van der Waals surface area (Å²) in [6.45, 7) is 2.57. The maximum absolute atomic E-state index is 8.74. The summed E-state index contributed by atoms with van der Waals surface area (Å²) in [7, 11) is 0. The lowest BCUT2D eigenvalue weighted by atomic mass is 10.3. The topological polar surface area (TPSA) is 38.7 Å². The van der Waals surface area contributed by atoms with Crippen molar-refractivity contribution >= 4 is 0 Å². The number of ether oxygens (including phenoxy) is 2. The molecule has 0 aromatic carbocycles. The minimum atomic E-state index is -0.113. The standard InChI is InChI=1S/C9H16O3/c1-2-3-4-5-9-11-7-8(6-10)12-9/h2-3,8-10H,4-7H2,1H3/b3-2+. The van der Waals surface area contributed by atoms with Gasteiger partial charge >= 0.3 is 0 Å². The molecule has 1 aliphatic heterocycles. The molecule has 1 aliphatic rings. The van der Waals surface area contributed by atoms with E-state index in [1.165, 1.54) is 0 Å². The van der Waals surface area contributed by atoms with Crippen LogP contribution < -0.4 is 0 Å². The number of aliphatic hydroxyl groups excluding tert-OH is 1. The van der Waals surface area contributed by atoms with Gasteiger partial charge in [0.25, 0.3) is 0 Å². The van der Waals surface area contributed by atoms with Gasteiger partial charge in [0, 0.05) is 6.42 Å². The van der Waals surface area contributed by atoms with Crippen molar-refractivity contribution in [1.82, 2.24) is 0 Å². The van der Waals surface area contributed by atoms with Gasteiger partial charge in [-0.1, -0.05) is 12.2 Å². The second-order valence-corrected chi connectivity index (χ2v) is 2.85. The smallest absolute Gasteiger partial charge is 0.158 e. The summed E-state index contributed by atoms with van der Waals surface area (Å²) in [5, 5.41) is 8.74. The highest BCUT2D eigenvalue weighted by molar-refractivity contribution is 4.77. The second-order valence-electron chi connectivity index (χ2n) is 2.85. The van der Waals surface area contributed by atoms with E-state index in [0.717, 1.165) is 12.8 Å². The minimum absolute atomic E-state index is 0.0557. The van der Waals surface area contributed by atoms with Gasteiger partial charge in [-0.25, -0.2) is 0 Å². The van der Waals surface area contributed by atoms with Crippen molar-refractivity contribution in [3.63, 3.8) is 0 Å². The van der Waals surface area contributed by atoms with Crippen molar-refractivity contribution in [2.75, 3.05) is 13.2 Å². The molecule has 1 heterocycles. The average Bonchev–Trinajstić information content (AvgIpc) is 2.53. The first-order valence-corrected chi connectivity index (χ1v) is 4.36. The average molecular weight is 172 g/mol. The van der Waals surface area contributed by atoms with Gasteiger partial charge in [0.15, 0.2) is 6.29 Å².